The Bertz CT molecular complexity index is 406. The lowest BCUT2D eigenvalue weighted by Gasteiger charge is -2.14. The number of benzene rings is 1. The van der Waals surface area contributed by atoms with Crippen molar-refractivity contribution in [3.63, 3.8) is 0 Å². The highest BCUT2D eigenvalue weighted by Gasteiger charge is 2.14. The summed E-state index contributed by atoms with van der Waals surface area (Å²) in [5.74, 6) is 0.161. The molecule has 1 amide bonds. The first-order chi connectivity index (χ1) is 7.58. The molecule has 0 spiro atoms. The van der Waals surface area contributed by atoms with Gasteiger partial charge in [0.1, 0.15) is 5.75 Å². The van der Waals surface area contributed by atoms with E-state index in [4.69, 9.17) is 4.74 Å². The van der Waals surface area contributed by atoms with Crippen molar-refractivity contribution in [1.29, 1.82) is 0 Å². The SMILES string of the molecule is CNC(=O)[C@@H](C)Oc1ccc(Br)cc1C=O. The van der Waals surface area contributed by atoms with Gasteiger partial charge in [0.05, 0.1) is 5.56 Å². The molecule has 1 rings (SSSR count). The molecule has 0 bridgehead atoms. The fraction of sp³-hybridized carbons (Fsp3) is 0.273. The summed E-state index contributed by atoms with van der Waals surface area (Å²) in [6.07, 6.45) is 0.0568. The molecule has 4 nitrogen and oxygen atoms in total. The Morgan fingerprint density at radius 3 is 2.81 bits per heavy atom. The van der Waals surface area contributed by atoms with Gasteiger partial charge >= 0.3 is 0 Å². The Balaban J connectivity index is 2.88. The van der Waals surface area contributed by atoms with Gasteiger partial charge in [0.15, 0.2) is 12.4 Å². The van der Waals surface area contributed by atoms with Crippen molar-refractivity contribution in [2.75, 3.05) is 7.05 Å². The van der Waals surface area contributed by atoms with Gasteiger partial charge in [-0.1, -0.05) is 15.9 Å². The first-order valence-corrected chi connectivity index (χ1v) is 5.50. The summed E-state index contributed by atoms with van der Waals surface area (Å²) in [6.45, 7) is 1.62. The van der Waals surface area contributed by atoms with Crippen molar-refractivity contribution in [3.05, 3.63) is 28.2 Å². The number of aldehydes is 1. The van der Waals surface area contributed by atoms with Crippen LogP contribution in [0.15, 0.2) is 22.7 Å². The summed E-state index contributed by atoms with van der Waals surface area (Å²) < 4.78 is 6.17. The number of amides is 1. The average molecular weight is 286 g/mol. The number of carbonyl (C=O) groups is 2. The first kappa shape index (κ1) is 12.7. The fourth-order valence-corrected chi connectivity index (χ4v) is 1.54. The second-order valence-electron chi connectivity index (χ2n) is 3.17. The Morgan fingerprint density at radius 2 is 2.25 bits per heavy atom. The molecule has 0 aromatic heterocycles. The van der Waals surface area contributed by atoms with Crippen LogP contribution in [0.2, 0.25) is 0 Å². The van der Waals surface area contributed by atoms with Crippen molar-refractivity contribution in [1.82, 2.24) is 5.32 Å². The van der Waals surface area contributed by atoms with E-state index in [1.165, 1.54) is 7.05 Å². The Kier molecular flexibility index (Phi) is 4.49. The lowest BCUT2D eigenvalue weighted by Crippen LogP contribution is -2.33. The molecular formula is C11H12BrNO3. The van der Waals surface area contributed by atoms with Gasteiger partial charge in [-0.25, -0.2) is 0 Å². The first-order valence-electron chi connectivity index (χ1n) is 4.71. The topological polar surface area (TPSA) is 55.4 Å². The highest BCUT2D eigenvalue weighted by Crippen LogP contribution is 2.22. The van der Waals surface area contributed by atoms with E-state index in [0.29, 0.717) is 17.6 Å². The van der Waals surface area contributed by atoms with Crippen LogP contribution in [0.4, 0.5) is 0 Å². The van der Waals surface area contributed by atoms with E-state index in [0.717, 1.165) is 4.47 Å². The molecule has 0 heterocycles. The van der Waals surface area contributed by atoms with Crippen molar-refractivity contribution < 1.29 is 14.3 Å². The monoisotopic (exact) mass is 285 g/mol. The summed E-state index contributed by atoms with van der Waals surface area (Å²) in [6, 6.07) is 5.03. The fourth-order valence-electron chi connectivity index (χ4n) is 1.17. The van der Waals surface area contributed by atoms with E-state index in [1.54, 1.807) is 25.1 Å². The molecular weight excluding hydrogens is 274 g/mol. The molecule has 0 aliphatic heterocycles. The molecule has 1 aromatic carbocycles. The van der Waals surface area contributed by atoms with Crippen molar-refractivity contribution in [2.24, 2.45) is 0 Å². The normalized spacial score (nSPS) is 11.7. The van der Waals surface area contributed by atoms with Crippen LogP contribution >= 0.6 is 15.9 Å². The molecule has 1 atom stereocenters. The standard InChI is InChI=1S/C11H12BrNO3/c1-7(11(15)13-2)16-10-4-3-9(12)5-8(10)6-14/h3-7H,1-2H3,(H,13,15)/t7-/m1/s1. The summed E-state index contributed by atoms with van der Waals surface area (Å²) in [5.41, 5.74) is 0.408. The van der Waals surface area contributed by atoms with E-state index in [2.05, 4.69) is 21.2 Å². The van der Waals surface area contributed by atoms with Crippen molar-refractivity contribution >= 4 is 28.1 Å². The molecule has 16 heavy (non-hydrogen) atoms. The minimum atomic E-state index is -0.634. The van der Waals surface area contributed by atoms with E-state index in [9.17, 15) is 9.59 Å². The average Bonchev–Trinajstić information content (AvgIpc) is 2.30. The third kappa shape index (κ3) is 3.06. The van der Waals surface area contributed by atoms with E-state index in [1.807, 2.05) is 0 Å². The number of likely N-dealkylation sites (N-methyl/N-ethyl adjacent to an activating group) is 1. The molecule has 86 valence electrons. The second-order valence-corrected chi connectivity index (χ2v) is 4.09. The lowest BCUT2D eigenvalue weighted by molar-refractivity contribution is -0.126. The maximum Gasteiger partial charge on any atom is 0.260 e. The molecule has 1 N–H and O–H groups in total. The molecule has 0 unspecified atom stereocenters. The Hall–Kier alpha value is -1.36. The van der Waals surface area contributed by atoms with Gasteiger partial charge < -0.3 is 10.1 Å². The maximum atomic E-state index is 11.2. The number of ether oxygens (including phenoxy) is 1. The van der Waals surface area contributed by atoms with Crippen molar-refractivity contribution in [2.45, 2.75) is 13.0 Å². The largest absolute Gasteiger partial charge is 0.480 e. The maximum absolute atomic E-state index is 11.2. The van der Waals surface area contributed by atoms with Gasteiger partial charge in [-0.2, -0.15) is 0 Å². The second kappa shape index (κ2) is 5.65. The summed E-state index contributed by atoms with van der Waals surface area (Å²) in [5, 5.41) is 2.47. The lowest BCUT2D eigenvalue weighted by atomic mass is 10.2. The Labute approximate surface area is 102 Å². The van der Waals surface area contributed by atoms with Crippen LogP contribution in [0.5, 0.6) is 5.75 Å². The van der Waals surface area contributed by atoms with Crippen LogP contribution in [0.25, 0.3) is 0 Å². The summed E-state index contributed by atoms with van der Waals surface area (Å²) in [7, 11) is 1.53. The third-order valence-electron chi connectivity index (χ3n) is 2.02. The Morgan fingerprint density at radius 1 is 1.56 bits per heavy atom. The molecule has 0 fully saturated rings. The van der Waals surface area contributed by atoms with Gasteiger partial charge in [0, 0.05) is 11.5 Å². The van der Waals surface area contributed by atoms with Gasteiger partial charge in [-0.15, -0.1) is 0 Å². The van der Waals surface area contributed by atoms with Crippen LogP contribution in [0.3, 0.4) is 0 Å². The minimum absolute atomic E-state index is 0.236. The smallest absolute Gasteiger partial charge is 0.260 e. The van der Waals surface area contributed by atoms with E-state index >= 15 is 0 Å². The number of halogens is 1. The molecule has 0 aliphatic rings. The van der Waals surface area contributed by atoms with Crippen LogP contribution in [-0.4, -0.2) is 25.3 Å². The van der Waals surface area contributed by atoms with Gasteiger partial charge in [0.2, 0.25) is 0 Å². The van der Waals surface area contributed by atoms with E-state index in [-0.39, 0.29) is 5.91 Å². The zero-order valence-corrected chi connectivity index (χ0v) is 10.6. The van der Waals surface area contributed by atoms with E-state index < -0.39 is 6.10 Å². The zero-order valence-electron chi connectivity index (χ0n) is 8.99. The zero-order chi connectivity index (χ0) is 12.1. The highest BCUT2D eigenvalue weighted by molar-refractivity contribution is 9.10. The summed E-state index contributed by atoms with van der Waals surface area (Å²) >= 11 is 3.25. The molecule has 0 aliphatic carbocycles. The molecule has 5 heteroatoms. The van der Waals surface area contributed by atoms with Crippen LogP contribution < -0.4 is 10.1 Å². The van der Waals surface area contributed by atoms with Gasteiger partial charge in [-0.3, -0.25) is 9.59 Å². The number of hydrogen-bond acceptors (Lipinski definition) is 3. The number of nitrogens with one attached hydrogen (secondary N) is 1. The predicted molar refractivity (Wildman–Crippen MR) is 63.7 cm³/mol. The van der Waals surface area contributed by atoms with Crippen LogP contribution in [0.1, 0.15) is 17.3 Å². The molecule has 0 saturated carbocycles. The predicted octanol–water partition coefficient (Wildman–Crippen LogP) is 1.77. The third-order valence-corrected chi connectivity index (χ3v) is 2.51. The number of hydrogen-bond donors (Lipinski definition) is 1. The number of rotatable bonds is 4. The van der Waals surface area contributed by atoms with Gasteiger partial charge in [0.25, 0.3) is 5.91 Å². The van der Waals surface area contributed by atoms with Crippen LogP contribution in [0, 0.1) is 0 Å². The molecule has 1 aromatic rings. The minimum Gasteiger partial charge on any atom is -0.480 e. The molecule has 0 saturated heterocycles. The van der Waals surface area contributed by atoms with Crippen molar-refractivity contribution in [3.8, 4) is 5.75 Å². The molecule has 0 radical (unpaired) electrons. The quantitative estimate of drug-likeness (QED) is 0.858. The van der Waals surface area contributed by atoms with Crippen LogP contribution in [-0.2, 0) is 4.79 Å². The summed E-state index contributed by atoms with van der Waals surface area (Å²) in [4.78, 5) is 22.0. The number of carbonyl (C=O) groups excluding carboxylic acids is 2. The van der Waals surface area contributed by atoms with Gasteiger partial charge in [-0.05, 0) is 25.1 Å². The highest BCUT2D eigenvalue weighted by atomic mass is 79.9.